The fraction of sp³-hybridized carbons (Fsp3) is 0.375. The second-order valence-corrected chi connectivity index (χ2v) is 3.54. The third-order valence-electron chi connectivity index (χ3n) is 1.45. The summed E-state index contributed by atoms with van der Waals surface area (Å²) in [5.74, 6) is 0.724. The largest absolute Gasteiger partial charge is 0.452 e. The first-order valence-electron chi connectivity index (χ1n) is 3.79. The van der Waals surface area contributed by atoms with E-state index in [1.807, 2.05) is 0 Å². The first-order chi connectivity index (χ1) is 6.09. The van der Waals surface area contributed by atoms with Crippen molar-refractivity contribution in [3.8, 4) is 0 Å². The quantitative estimate of drug-likeness (QED) is 0.866. The molecule has 0 saturated carbocycles. The van der Waals surface area contributed by atoms with Crippen molar-refractivity contribution in [2.24, 2.45) is 0 Å². The zero-order valence-electron chi connectivity index (χ0n) is 7.50. The van der Waals surface area contributed by atoms with Crippen molar-refractivity contribution in [3.63, 3.8) is 0 Å². The predicted octanol–water partition coefficient (Wildman–Crippen LogP) is 1.81. The Morgan fingerprint density at radius 2 is 2.31 bits per heavy atom. The second-order valence-electron chi connectivity index (χ2n) is 2.76. The molecular formula is C8H11BrN2O2. The molecule has 0 bridgehead atoms. The molecule has 1 rings (SSSR count). The summed E-state index contributed by atoms with van der Waals surface area (Å²) in [5, 5.41) is 2.68. The molecule has 0 fully saturated rings. The van der Waals surface area contributed by atoms with E-state index in [0.29, 0.717) is 11.2 Å². The van der Waals surface area contributed by atoms with Crippen LogP contribution >= 0.6 is 15.9 Å². The minimum Gasteiger partial charge on any atom is -0.452 e. The lowest BCUT2D eigenvalue weighted by Crippen LogP contribution is -2.33. The van der Waals surface area contributed by atoms with Gasteiger partial charge < -0.3 is 14.6 Å². The number of urea groups is 1. The highest BCUT2D eigenvalue weighted by molar-refractivity contribution is 9.10. The minimum absolute atomic E-state index is 0.132. The van der Waals surface area contributed by atoms with Crippen molar-refractivity contribution >= 4 is 22.0 Å². The van der Waals surface area contributed by atoms with Gasteiger partial charge in [-0.3, -0.25) is 0 Å². The van der Waals surface area contributed by atoms with E-state index in [4.69, 9.17) is 4.42 Å². The lowest BCUT2D eigenvalue weighted by Gasteiger charge is -2.10. The van der Waals surface area contributed by atoms with E-state index in [-0.39, 0.29) is 6.03 Å². The molecule has 0 saturated heterocycles. The fourth-order valence-electron chi connectivity index (χ4n) is 0.768. The number of amides is 2. The summed E-state index contributed by atoms with van der Waals surface area (Å²) in [7, 11) is 3.38. The number of carbonyl (C=O) groups is 1. The van der Waals surface area contributed by atoms with Gasteiger partial charge in [0, 0.05) is 14.1 Å². The highest BCUT2D eigenvalue weighted by Gasteiger charge is 2.04. The average molecular weight is 247 g/mol. The third kappa shape index (κ3) is 3.10. The Labute approximate surface area is 85.0 Å². The number of carbonyl (C=O) groups excluding carboxylic acids is 1. The van der Waals surface area contributed by atoms with Crippen molar-refractivity contribution in [2.45, 2.75) is 6.54 Å². The Morgan fingerprint density at radius 1 is 1.62 bits per heavy atom. The third-order valence-corrected chi connectivity index (χ3v) is 1.88. The lowest BCUT2D eigenvalue weighted by molar-refractivity contribution is 0.216. The Hall–Kier alpha value is -0.970. The van der Waals surface area contributed by atoms with Gasteiger partial charge in [-0.25, -0.2) is 4.79 Å². The zero-order chi connectivity index (χ0) is 9.84. The van der Waals surface area contributed by atoms with E-state index in [0.717, 1.165) is 5.76 Å². The topological polar surface area (TPSA) is 45.5 Å². The van der Waals surface area contributed by atoms with Crippen molar-refractivity contribution in [2.75, 3.05) is 14.1 Å². The second kappa shape index (κ2) is 4.32. The van der Waals surface area contributed by atoms with Crippen LogP contribution in [0.25, 0.3) is 0 Å². The van der Waals surface area contributed by atoms with E-state index in [1.165, 1.54) is 4.90 Å². The number of rotatable bonds is 2. The highest BCUT2D eigenvalue weighted by Crippen LogP contribution is 2.13. The zero-order valence-corrected chi connectivity index (χ0v) is 9.09. The number of nitrogens with one attached hydrogen (secondary N) is 1. The molecule has 0 aliphatic rings. The number of hydrogen-bond acceptors (Lipinski definition) is 2. The number of furan rings is 1. The van der Waals surface area contributed by atoms with Gasteiger partial charge in [0.15, 0.2) is 4.67 Å². The molecule has 2 amide bonds. The van der Waals surface area contributed by atoms with Gasteiger partial charge in [-0.15, -0.1) is 0 Å². The van der Waals surface area contributed by atoms with Crippen molar-refractivity contribution in [1.29, 1.82) is 0 Å². The molecule has 72 valence electrons. The van der Waals surface area contributed by atoms with Gasteiger partial charge in [0.05, 0.1) is 6.54 Å². The van der Waals surface area contributed by atoms with Crippen LogP contribution in [0.2, 0.25) is 0 Å². The molecule has 0 aliphatic carbocycles. The molecule has 0 aromatic carbocycles. The van der Waals surface area contributed by atoms with Crippen LogP contribution in [0.4, 0.5) is 4.79 Å². The van der Waals surface area contributed by atoms with Crippen LogP contribution in [0.3, 0.4) is 0 Å². The molecular weight excluding hydrogens is 236 g/mol. The van der Waals surface area contributed by atoms with E-state index in [2.05, 4.69) is 21.2 Å². The number of hydrogen-bond donors (Lipinski definition) is 1. The lowest BCUT2D eigenvalue weighted by atomic mass is 10.4. The maximum absolute atomic E-state index is 11.1. The normalized spacial score (nSPS) is 9.77. The molecule has 0 unspecified atom stereocenters. The number of nitrogens with zero attached hydrogens (tertiary/aromatic N) is 1. The molecule has 0 aliphatic heterocycles. The van der Waals surface area contributed by atoms with E-state index >= 15 is 0 Å². The summed E-state index contributed by atoms with van der Waals surface area (Å²) >= 11 is 3.18. The Morgan fingerprint density at radius 3 is 2.77 bits per heavy atom. The van der Waals surface area contributed by atoms with Gasteiger partial charge in [-0.2, -0.15) is 0 Å². The van der Waals surface area contributed by atoms with Crippen LogP contribution in [-0.4, -0.2) is 25.0 Å². The van der Waals surface area contributed by atoms with E-state index < -0.39 is 0 Å². The first-order valence-corrected chi connectivity index (χ1v) is 4.58. The molecule has 5 heteroatoms. The van der Waals surface area contributed by atoms with Crippen molar-refractivity contribution in [3.05, 3.63) is 22.6 Å². The van der Waals surface area contributed by atoms with Crippen LogP contribution in [-0.2, 0) is 6.54 Å². The highest BCUT2D eigenvalue weighted by atomic mass is 79.9. The van der Waals surface area contributed by atoms with Crippen LogP contribution in [0.15, 0.2) is 21.2 Å². The first kappa shape index (κ1) is 10.1. The van der Waals surface area contributed by atoms with Gasteiger partial charge in [0.25, 0.3) is 0 Å². The van der Waals surface area contributed by atoms with Crippen LogP contribution < -0.4 is 5.32 Å². The molecule has 0 spiro atoms. The Balaban J connectivity index is 2.39. The van der Waals surface area contributed by atoms with Gasteiger partial charge >= 0.3 is 6.03 Å². The molecule has 1 aromatic rings. The molecule has 0 radical (unpaired) electrons. The van der Waals surface area contributed by atoms with Gasteiger partial charge in [-0.05, 0) is 28.1 Å². The minimum atomic E-state index is -0.132. The summed E-state index contributed by atoms with van der Waals surface area (Å²) in [6.45, 7) is 0.405. The average Bonchev–Trinajstić information content (AvgIpc) is 2.47. The molecule has 1 heterocycles. The van der Waals surface area contributed by atoms with E-state index in [9.17, 15) is 4.79 Å². The van der Waals surface area contributed by atoms with Crippen LogP contribution in [0.5, 0.6) is 0 Å². The molecule has 1 N–H and O–H groups in total. The van der Waals surface area contributed by atoms with Crippen molar-refractivity contribution < 1.29 is 9.21 Å². The van der Waals surface area contributed by atoms with Gasteiger partial charge in [0.2, 0.25) is 0 Å². The smallest absolute Gasteiger partial charge is 0.317 e. The SMILES string of the molecule is CN(C)C(=O)NCc1ccc(Br)o1. The van der Waals surface area contributed by atoms with Crippen LogP contribution in [0, 0.1) is 0 Å². The predicted molar refractivity (Wildman–Crippen MR) is 52.3 cm³/mol. The molecule has 13 heavy (non-hydrogen) atoms. The van der Waals surface area contributed by atoms with Crippen LogP contribution in [0.1, 0.15) is 5.76 Å². The summed E-state index contributed by atoms with van der Waals surface area (Å²) in [6.07, 6.45) is 0. The maximum atomic E-state index is 11.1. The summed E-state index contributed by atoms with van der Waals surface area (Å²) in [5.41, 5.74) is 0. The summed E-state index contributed by atoms with van der Waals surface area (Å²) in [4.78, 5) is 12.6. The summed E-state index contributed by atoms with van der Waals surface area (Å²) < 4.78 is 5.87. The number of halogens is 1. The van der Waals surface area contributed by atoms with E-state index in [1.54, 1.807) is 26.2 Å². The van der Waals surface area contributed by atoms with Gasteiger partial charge in [0.1, 0.15) is 5.76 Å². The van der Waals surface area contributed by atoms with Gasteiger partial charge in [-0.1, -0.05) is 0 Å². The van der Waals surface area contributed by atoms with Crippen molar-refractivity contribution in [1.82, 2.24) is 10.2 Å². The molecule has 1 aromatic heterocycles. The molecule has 0 atom stereocenters. The monoisotopic (exact) mass is 246 g/mol. The summed E-state index contributed by atoms with van der Waals surface area (Å²) in [6, 6.07) is 3.46. The Kier molecular flexibility index (Phi) is 3.36. The maximum Gasteiger partial charge on any atom is 0.317 e. The Bertz CT molecular complexity index is 296. The molecule has 4 nitrogen and oxygen atoms in total. The fourth-order valence-corrected chi connectivity index (χ4v) is 1.11. The standard InChI is InChI=1S/C8H11BrN2O2/c1-11(2)8(12)10-5-6-3-4-7(9)13-6/h3-4H,5H2,1-2H3,(H,10,12).